The Morgan fingerprint density at radius 2 is 2.33 bits per heavy atom. The molecule has 4 nitrogen and oxygen atoms in total. The number of hydrogen-bond donors (Lipinski definition) is 2. The molecule has 4 heteroatoms. The van der Waals surface area contributed by atoms with Gasteiger partial charge in [-0.15, -0.1) is 0 Å². The Kier molecular flexibility index (Phi) is 3.72. The van der Waals surface area contributed by atoms with Gasteiger partial charge in [0, 0.05) is 0 Å². The standard InChI is InChI=1S/C11H11NO3/c1-15-11(14)9-5-4-8(3-2-6-12)10(13)7-9/h4-5,7,13H,6,12H2,1H3. The van der Waals surface area contributed by atoms with Crippen molar-refractivity contribution in [3.63, 3.8) is 0 Å². The van der Waals surface area contributed by atoms with Gasteiger partial charge in [-0.2, -0.15) is 0 Å². The molecule has 0 amide bonds. The van der Waals surface area contributed by atoms with Crippen molar-refractivity contribution >= 4 is 5.97 Å². The van der Waals surface area contributed by atoms with Crippen LogP contribution in [0.2, 0.25) is 0 Å². The molecular weight excluding hydrogens is 194 g/mol. The minimum absolute atomic E-state index is 0.0566. The smallest absolute Gasteiger partial charge is 0.337 e. The number of esters is 1. The molecule has 0 unspecified atom stereocenters. The van der Waals surface area contributed by atoms with Gasteiger partial charge in [-0.05, 0) is 18.2 Å². The van der Waals surface area contributed by atoms with E-state index in [0.717, 1.165) is 0 Å². The number of methoxy groups -OCH3 is 1. The molecule has 0 aromatic heterocycles. The Hall–Kier alpha value is -1.99. The quantitative estimate of drug-likeness (QED) is 0.517. The Labute approximate surface area is 87.7 Å². The lowest BCUT2D eigenvalue weighted by Crippen LogP contribution is -2.00. The second kappa shape index (κ2) is 5.03. The molecule has 0 heterocycles. The fourth-order valence-electron chi connectivity index (χ4n) is 1.03. The van der Waals surface area contributed by atoms with Crippen LogP contribution in [0.25, 0.3) is 0 Å². The first-order valence-electron chi connectivity index (χ1n) is 4.29. The van der Waals surface area contributed by atoms with E-state index in [1.807, 2.05) is 0 Å². The average molecular weight is 205 g/mol. The summed E-state index contributed by atoms with van der Waals surface area (Å²) >= 11 is 0. The zero-order valence-electron chi connectivity index (χ0n) is 8.28. The average Bonchev–Trinajstić information content (AvgIpc) is 2.26. The number of nitrogens with two attached hydrogens (primary N) is 1. The number of phenols is 1. The predicted molar refractivity (Wildman–Crippen MR) is 55.4 cm³/mol. The number of rotatable bonds is 1. The summed E-state index contributed by atoms with van der Waals surface area (Å²) in [5.74, 6) is 4.74. The van der Waals surface area contributed by atoms with Gasteiger partial charge in [-0.3, -0.25) is 0 Å². The van der Waals surface area contributed by atoms with E-state index in [-0.39, 0.29) is 17.9 Å². The Balaban J connectivity index is 3.03. The third-order valence-electron chi connectivity index (χ3n) is 1.74. The van der Waals surface area contributed by atoms with Crippen LogP contribution in [0.5, 0.6) is 5.75 Å². The lowest BCUT2D eigenvalue weighted by atomic mass is 10.1. The second-order valence-electron chi connectivity index (χ2n) is 2.73. The molecule has 0 radical (unpaired) electrons. The van der Waals surface area contributed by atoms with E-state index >= 15 is 0 Å². The minimum Gasteiger partial charge on any atom is -0.507 e. The van der Waals surface area contributed by atoms with Crippen molar-refractivity contribution in [1.29, 1.82) is 0 Å². The number of benzene rings is 1. The van der Waals surface area contributed by atoms with Crippen LogP contribution >= 0.6 is 0 Å². The number of aromatic hydroxyl groups is 1. The van der Waals surface area contributed by atoms with Crippen LogP contribution in [0.3, 0.4) is 0 Å². The zero-order chi connectivity index (χ0) is 11.3. The largest absolute Gasteiger partial charge is 0.507 e. The van der Waals surface area contributed by atoms with Gasteiger partial charge in [0.05, 0.1) is 24.8 Å². The molecule has 78 valence electrons. The van der Waals surface area contributed by atoms with Crippen LogP contribution in [-0.2, 0) is 4.74 Å². The summed E-state index contributed by atoms with van der Waals surface area (Å²) in [6.07, 6.45) is 0. The third-order valence-corrected chi connectivity index (χ3v) is 1.74. The van der Waals surface area contributed by atoms with Crippen LogP contribution in [0.4, 0.5) is 0 Å². The van der Waals surface area contributed by atoms with E-state index in [2.05, 4.69) is 16.6 Å². The third kappa shape index (κ3) is 2.73. The molecule has 1 rings (SSSR count). The highest BCUT2D eigenvalue weighted by Crippen LogP contribution is 2.18. The summed E-state index contributed by atoms with van der Waals surface area (Å²) in [6, 6.07) is 4.39. The van der Waals surface area contributed by atoms with Gasteiger partial charge in [0.15, 0.2) is 0 Å². The van der Waals surface area contributed by atoms with Crippen molar-refractivity contribution in [3.05, 3.63) is 29.3 Å². The molecule has 1 aromatic rings. The molecule has 0 spiro atoms. The Bertz CT molecular complexity index is 429. The summed E-state index contributed by atoms with van der Waals surface area (Å²) in [5, 5.41) is 9.51. The van der Waals surface area contributed by atoms with Crippen LogP contribution in [0.15, 0.2) is 18.2 Å². The maximum Gasteiger partial charge on any atom is 0.337 e. The van der Waals surface area contributed by atoms with E-state index < -0.39 is 5.97 Å². The highest BCUT2D eigenvalue weighted by Gasteiger charge is 2.07. The summed E-state index contributed by atoms with van der Waals surface area (Å²) in [6.45, 7) is 0.220. The van der Waals surface area contributed by atoms with E-state index in [1.165, 1.54) is 19.2 Å². The lowest BCUT2D eigenvalue weighted by Gasteiger charge is -2.01. The molecule has 15 heavy (non-hydrogen) atoms. The fourth-order valence-corrected chi connectivity index (χ4v) is 1.03. The number of hydrogen-bond acceptors (Lipinski definition) is 4. The molecule has 0 aliphatic heterocycles. The first-order valence-corrected chi connectivity index (χ1v) is 4.29. The Morgan fingerprint density at radius 3 is 2.87 bits per heavy atom. The van der Waals surface area contributed by atoms with Crippen LogP contribution in [0.1, 0.15) is 15.9 Å². The fraction of sp³-hybridized carbons (Fsp3) is 0.182. The monoisotopic (exact) mass is 205 g/mol. The first kappa shape index (κ1) is 11.1. The number of ether oxygens (including phenoxy) is 1. The van der Waals surface area contributed by atoms with Gasteiger partial charge in [0.1, 0.15) is 5.75 Å². The summed E-state index contributed by atoms with van der Waals surface area (Å²) < 4.78 is 4.51. The predicted octanol–water partition coefficient (Wildman–Crippen LogP) is 0.489. The van der Waals surface area contributed by atoms with E-state index in [0.29, 0.717) is 5.56 Å². The highest BCUT2D eigenvalue weighted by molar-refractivity contribution is 5.90. The van der Waals surface area contributed by atoms with Crippen LogP contribution < -0.4 is 5.73 Å². The van der Waals surface area contributed by atoms with Crippen molar-refractivity contribution in [2.24, 2.45) is 5.73 Å². The molecule has 0 saturated heterocycles. The number of carbonyl (C=O) groups excluding carboxylic acids is 1. The van der Waals surface area contributed by atoms with Crippen molar-refractivity contribution < 1.29 is 14.6 Å². The van der Waals surface area contributed by atoms with Gasteiger partial charge in [-0.1, -0.05) is 11.8 Å². The van der Waals surface area contributed by atoms with Gasteiger partial charge >= 0.3 is 5.97 Å². The maximum absolute atomic E-state index is 11.1. The minimum atomic E-state index is -0.497. The van der Waals surface area contributed by atoms with Crippen LogP contribution in [0, 0.1) is 11.8 Å². The van der Waals surface area contributed by atoms with Crippen molar-refractivity contribution in [2.45, 2.75) is 0 Å². The topological polar surface area (TPSA) is 72.5 Å². The molecule has 0 aliphatic carbocycles. The van der Waals surface area contributed by atoms with Crippen LogP contribution in [-0.4, -0.2) is 24.7 Å². The molecular formula is C11H11NO3. The van der Waals surface area contributed by atoms with E-state index in [4.69, 9.17) is 5.73 Å². The van der Waals surface area contributed by atoms with Gasteiger partial charge in [0.2, 0.25) is 0 Å². The first-order chi connectivity index (χ1) is 7.19. The number of phenolic OH excluding ortho intramolecular Hbond substituents is 1. The van der Waals surface area contributed by atoms with E-state index in [1.54, 1.807) is 6.07 Å². The van der Waals surface area contributed by atoms with Crippen molar-refractivity contribution in [2.75, 3.05) is 13.7 Å². The van der Waals surface area contributed by atoms with Crippen molar-refractivity contribution in [1.82, 2.24) is 0 Å². The second-order valence-corrected chi connectivity index (χ2v) is 2.73. The van der Waals surface area contributed by atoms with Gasteiger partial charge < -0.3 is 15.6 Å². The molecule has 0 aliphatic rings. The summed E-state index contributed by atoms with van der Waals surface area (Å²) in [4.78, 5) is 11.1. The van der Waals surface area contributed by atoms with Gasteiger partial charge in [0.25, 0.3) is 0 Å². The Morgan fingerprint density at radius 1 is 1.60 bits per heavy atom. The molecule has 1 aromatic carbocycles. The van der Waals surface area contributed by atoms with E-state index in [9.17, 15) is 9.90 Å². The SMILES string of the molecule is COC(=O)c1ccc(C#CCN)c(O)c1. The summed E-state index contributed by atoms with van der Waals surface area (Å²) in [5.41, 5.74) is 5.92. The summed E-state index contributed by atoms with van der Waals surface area (Å²) in [7, 11) is 1.28. The molecule has 0 saturated carbocycles. The molecule has 0 atom stereocenters. The highest BCUT2D eigenvalue weighted by atomic mass is 16.5. The van der Waals surface area contributed by atoms with Gasteiger partial charge in [-0.25, -0.2) is 4.79 Å². The molecule has 0 bridgehead atoms. The number of carbonyl (C=O) groups is 1. The normalized spacial score (nSPS) is 8.93. The van der Waals surface area contributed by atoms with Crippen molar-refractivity contribution in [3.8, 4) is 17.6 Å². The maximum atomic E-state index is 11.1. The lowest BCUT2D eigenvalue weighted by molar-refractivity contribution is 0.0600. The zero-order valence-corrected chi connectivity index (χ0v) is 8.28. The molecule has 0 fully saturated rings. The molecule has 3 N–H and O–H groups in total.